The zero-order valence-corrected chi connectivity index (χ0v) is 16.4. The van der Waals surface area contributed by atoms with Gasteiger partial charge in [0, 0.05) is 38.8 Å². The number of amides is 3. The maximum absolute atomic E-state index is 12.7. The van der Waals surface area contributed by atoms with Gasteiger partial charge in [0.25, 0.3) is 0 Å². The zero-order chi connectivity index (χ0) is 19.9. The summed E-state index contributed by atoms with van der Waals surface area (Å²) >= 11 is 0. The first-order chi connectivity index (χ1) is 13.5. The Kier molecular flexibility index (Phi) is 6.60. The Labute approximate surface area is 165 Å². The molecule has 3 rings (SSSR count). The van der Waals surface area contributed by atoms with Crippen LogP contribution < -0.4 is 10.6 Å². The van der Waals surface area contributed by atoms with Crippen molar-refractivity contribution in [3.05, 3.63) is 59.8 Å². The lowest BCUT2D eigenvalue weighted by molar-refractivity contribution is -0.116. The third-order valence-electron chi connectivity index (χ3n) is 4.84. The minimum Gasteiger partial charge on any atom is -0.337 e. The van der Waals surface area contributed by atoms with Gasteiger partial charge in [0.15, 0.2) is 0 Å². The van der Waals surface area contributed by atoms with E-state index in [4.69, 9.17) is 0 Å². The summed E-state index contributed by atoms with van der Waals surface area (Å²) in [5.74, 6) is 0.347. The average molecular weight is 381 g/mol. The van der Waals surface area contributed by atoms with Gasteiger partial charge in [-0.15, -0.1) is 0 Å². The zero-order valence-electron chi connectivity index (χ0n) is 16.4. The van der Waals surface area contributed by atoms with E-state index >= 15 is 0 Å². The monoisotopic (exact) mass is 381 g/mol. The summed E-state index contributed by atoms with van der Waals surface area (Å²) in [4.78, 5) is 33.0. The number of carbonyl (C=O) groups excluding carboxylic acids is 2. The number of aryl methyl sites for hydroxylation is 1. The molecule has 7 nitrogen and oxygen atoms in total. The summed E-state index contributed by atoms with van der Waals surface area (Å²) in [6, 6.07) is 13.6. The van der Waals surface area contributed by atoms with Crippen LogP contribution in [-0.2, 0) is 4.79 Å². The van der Waals surface area contributed by atoms with Gasteiger partial charge in [-0.1, -0.05) is 36.4 Å². The van der Waals surface area contributed by atoms with Crippen LogP contribution in [0.4, 0.5) is 10.6 Å². The number of hydrogen-bond donors (Lipinski definition) is 2. The summed E-state index contributed by atoms with van der Waals surface area (Å²) in [7, 11) is 2.06. The number of urea groups is 1. The highest BCUT2D eigenvalue weighted by Crippen LogP contribution is 2.24. The van der Waals surface area contributed by atoms with Crippen LogP contribution >= 0.6 is 0 Å². The molecule has 2 heterocycles. The van der Waals surface area contributed by atoms with E-state index in [1.54, 1.807) is 12.3 Å². The first kappa shape index (κ1) is 19.8. The summed E-state index contributed by atoms with van der Waals surface area (Å²) in [6.45, 7) is 4.49. The van der Waals surface area contributed by atoms with Crippen molar-refractivity contribution in [1.29, 1.82) is 0 Å². The van der Waals surface area contributed by atoms with Crippen molar-refractivity contribution in [2.75, 3.05) is 38.5 Å². The van der Waals surface area contributed by atoms with Crippen LogP contribution in [0.5, 0.6) is 0 Å². The number of piperazine rings is 1. The van der Waals surface area contributed by atoms with Gasteiger partial charge in [0.2, 0.25) is 5.91 Å². The molecule has 2 aromatic rings. The molecule has 148 valence electrons. The molecular weight excluding hydrogens is 354 g/mol. The largest absolute Gasteiger partial charge is 0.337 e. The molecule has 0 saturated carbocycles. The quantitative estimate of drug-likeness (QED) is 0.834. The smallest absolute Gasteiger partial charge is 0.318 e. The number of nitrogens with zero attached hydrogens (tertiary/aromatic N) is 3. The molecule has 1 atom stereocenters. The Balaban J connectivity index is 1.51. The van der Waals surface area contributed by atoms with E-state index in [1.165, 1.54) is 0 Å². The Morgan fingerprint density at radius 1 is 1.14 bits per heavy atom. The number of hydrogen-bond acceptors (Lipinski definition) is 4. The third-order valence-corrected chi connectivity index (χ3v) is 4.84. The number of aromatic nitrogens is 1. The first-order valence-corrected chi connectivity index (χ1v) is 9.53. The van der Waals surface area contributed by atoms with Gasteiger partial charge in [-0.3, -0.25) is 4.79 Å². The van der Waals surface area contributed by atoms with Gasteiger partial charge in [-0.05, 0) is 31.2 Å². The van der Waals surface area contributed by atoms with Crippen molar-refractivity contribution in [2.45, 2.75) is 19.4 Å². The van der Waals surface area contributed by atoms with Gasteiger partial charge in [0.1, 0.15) is 5.82 Å². The van der Waals surface area contributed by atoms with Crippen molar-refractivity contribution >= 4 is 17.8 Å². The van der Waals surface area contributed by atoms with E-state index < -0.39 is 0 Å². The van der Waals surface area contributed by atoms with E-state index in [2.05, 4.69) is 27.6 Å². The molecule has 2 N–H and O–H groups in total. The Hall–Kier alpha value is -2.93. The molecule has 1 fully saturated rings. The van der Waals surface area contributed by atoms with E-state index in [0.29, 0.717) is 12.4 Å². The fourth-order valence-corrected chi connectivity index (χ4v) is 3.25. The standard InChI is InChI=1S/C21H27N5O2/c1-16-8-9-19(23-14-16)24-20(27)10-11-22-21(28)26-13-12-25(2)15-18(26)17-6-4-3-5-7-17/h3-9,14,18H,10-13,15H2,1-2H3,(H,22,28)(H,23,24,27). The van der Waals surface area contributed by atoms with Crippen molar-refractivity contribution in [1.82, 2.24) is 20.1 Å². The second-order valence-corrected chi connectivity index (χ2v) is 7.13. The molecule has 1 aromatic carbocycles. The molecular formula is C21H27N5O2. The highest BCUT2D eigenvalue weighted by molar-refractivity contribution is 5.90. The maximum Gasteiger partial charge on any atom is 0.318 e. The van der Waals surface area contributed by atoms with Gasteiger partial charge >= 0.3 is 6.03 Å². The van der Waals surface area contributed by atoms with Gasteiger partial charge in [-0.2, -0.15) is 0 Å². The summed E-state index contributed by atoms with van der Waals surface area (Å²) in [5.41, 5.74) is 2.15. The number of benzene rings is 1. The number of nitrogens with one attached hydrogen (secondary N) is 2. The molecule has 1 aromatic heterocycles. The molecule has 1 saturated heterocycles. The Morgan fingerprint density at radius 3 is 2.64 bits per heavy atom. The first-order valence-electron chi connectivity index (χ1n) is 9.53. The minimum atomic E-state index is -0.172. The normalized spacial score (nSPS) is 17.2. The molecule has 28 heavy (non-hydrogen) atoms. The van der Waals surface area contributed by atoms with E-state index in [9.17, 15) is 9.59 Å². The highest BCUT2D eigenvalue weighted by Gasteiger charge is 2.30. The van der Waals surface area contributed by atoms with Crippen molar-refractivity contribution in [2.24, 2.45) is 0 Å². The summed E-state index contributed by atoms with van der Waals surface area (Å²) < 4.78 is 0. The van der Waals surface area contributed by atoms with Gasteiger partial charge < -0.3 is 20.4 Å². The lowest BCUT2D eigenvalue weighted by Gasteiger charge is -2.40. The predicted octanol–water partition coefficient (Wildman–Crippen LogP) is 2.42. The lowest BCUT2D eigenvalue weighted by Crippen LogP contribution is -2.52. The molecule has 1 aliphatic heterocycles. The molecule has 0 bridgehead atoms. The van der Waals surface area contributed by atoms with Crippen LogP contribution in [0.15, 0.2) is 48.7 Å². The topological polar surface area (TPSA) is 77.6 Å². The average Bonchev–Trinajstić information content (AvgIpc) is 2.70. The fraction of sp³-hybridized carbons (Fsp3) is 0.381. The van der Waals surface area contributed by atoms with E-state index in [-0.39, 0.29) is 30.9 Å². The number of anilines is 1. The van der Waals surface area contributed by atoms with Crippen LogP contribution in [0.2, 0.25) is 0 Å². The second kappa shape index (κ2) is 9.32. The molecule has 1 aliphatic rings. The van der Waals surface area contributed by atoms with Crippen LogP contribution in [0, 0.1) is 6.92 Å². The Morgan fingerprint density at radius 2 is 1.93 bits per heavy atom. The molecule has 0 spiro atoms. The van der Waals surface area contributed by atoms with Gasteiger partial charge in [-0.25, -0.2) is 9.78 Å². The SMILES string of the molecule is Cc1ccc(NC(=O)CCNC(=O)N2CCN(C)CC2c2ccccc2)nc1. The maximum atomic E-state index is 12.7. The minimum absolute atomic E-state index is 0.00512. The number of likely N-dealkylation sites (N-methyl/N-ethyl adjacent to an activating group) is 1. The van der Waals surface area contributed by atoms with Crippen molar-refractivity contribution in [3.63, 3.8) is 0 Å². The molecule has 1 unspecified atom stereocenters. The highest BCUT2D eigenvalue weighted by atomic mass is 16.2. The van der Waals surface area contributed by atoms with Crippen molar-refractivity contribution in [3.8, 4) is 0 Å². The predicted molar refractivity (Wildman–Crippen MR) is 109 cm³/mol. The summed E-state index contributed by atoms with van der Waals surface area (Å²) in [6.07, 6.45) is 1.90. The van der Waals surface area contributed by atoms with E-state index in [1.807, 2.05) is 48.2 Å². The third kappa shape index (κ3) is 5.29. The Bertz CT molecular complexity index is 794. The summed E-state index contributed by atoms with van der Waals surface area (Å²) in [5, 5.41) is 5.62. The number of carbonyl (C=O) groups is 2. The van der Waals surface area contributed by atoms with Crippen LogP contribution in [0.3, 0.4) is 0 Å². The molecule has 7 heteroatoms. The lowest BCUT2D eigenvalue weighted by atomic mass is 10.0. The van der Waals surface area contributed by atoms with Crippen LogP contribution in [0.25, 0.3) is 0 Å². The molecule has 0 radical (unpaired) electrons. The molecule has 0 aliphatic carbocycles. The van der Waals surface area contributed by atoms with Crippen molar-refractivity contribution < 1.29 is 9.59 Å². The number of pyridine rings is 1. The fourth-order valence-electron chi connectivity index (χ4n) is 3.25. The number of rotatable bonds is 5. The van der Waals surface area contributed by atoms with Crippen LogP contribution in [0.1, 0.15) is 23.6 Å². The van der Waals surface area contributed by atoms with Crippen LogP contribution in [-0.4, -0.2) is 59.9 Å². The second-order valence-electron chi connectivity index (χ2n) is 7.13. The van der Waals surface area contributed by atoms with E-state index in [0.717, 1.165) is 24.2 Å². The van der Waals surface area contributed by atoms with Gasteiger partial charge in [0.05, 0.1) is 6.04 Å². The molecule has 3 amide bonds.